The van der Waals surface area contributed by atoms with E-state index in [-0.39, 0.29) is 5.91 Å². The van der Waals surface area contributed by atoms with Crippen LogP contribution in [-0.4, -0.2) is 34.6 Å². The molecule has 5 nitrogen and oxygen atoms in total. The molecule has 0 radical (unpaired) electrons. The van der Waals surface area contributed by atoms with E-state index in [1.807, 2.05) is 19.1 Å². The molecule has 3 heterocycles. The Bertz CT molecular complexity index is 954. The van der Waals surface area contributed by atoms with Crippen molar-refractivity contribution in [2.24, 2.45) is 0 Å². The molecular weight excluding hydrogens is 338 g/mol. The van der Waals surface area contributed by atoms with Crippen molar-refractivity contribution in [2.75, 3.05) is 13.2 Å². The third kappa shape index (κ3) is 3.71. The minimum Gasteiger partial charge on any atom is -0.378 e. The zero-order valence-electron chi connectivity index (χ0n) is 15.7. The van der Waals surface area contributed by atoms with Gasteiger partial charge in [0, 0.05) is 30.1 Å². The summed E-state index contributed by atoms with van der Waals surface area (Å²) < 4.78 is 5.48. The molecule has 1 aliphatic heterocycles. The van der Waals surface area contributed by atoms with Crippen LogP contribution in [0.2, 0.25) is 0 Å². The van der Waals surface area contributed by atoms with Crippen molar-refractivity contribution in [3.8, 4) is 23.1 Å². The standard InChI is InChI=1S/C22H23N3O2/c1-5-18-15(3)21(24-16(18)4)19-8-11-23-13-17(19)7-9-22(10-12-27-14-22)25-20(26)6-2/h5-6,8,11,13,24H,1-2,10,12,14H2,3-4H3,(H,25,26). The molecule has 5 heteroatoms. The topological polar surface area (TPSA) is 67.0 Å². The first-order valence-electron chi connectivity index (χ1n) is 8.81. The summed E-state index contributed by atoms with van der Waals surface area (Å²) in [6.07, 6.45) is 7.23. The Kier molecular flexibility index (Phi) is 5.29. The number of hydrogen-bond acceptors (Lipinski definition) is 3. The van der Waals surface area contributed by atoms with Crippen molar-refractivity contribution in [3.05, 3.63) is 60.1 Å². The lowest BCUT2D eigenvalue weighted by molar-refractivity contribution is -0.117. The number of aromatic nitrogens is 2. The molecule has 1 aliphatic rings. The van der Waals surface area contributed by atoms with Crippen molar-refractivity contribution in [1.82, 2.24) is 15.3 Å². The first-order valence-corrected chi connectivity index (χ1v) is 8.81. The van der Waals surface area contributed by atoms with Gasteiger partial charge in [0.25, 0.3) is 0 Å². The van der Waals surface area contributed by atoms with E-state index < -0.39 is 5.54 Å². The fourth-order valence-electron chi connectivity index (χ4n) is 3.32. The Labute approximate surface area is 159 Å². The molecule has 1 fully saturated rings. The van der Waals surface area contributed by atoms with Gasteiger partial charge in [0.1, 0.15) is 5.54 Å². The van der Waals surface area contributed by atoms with E-state index in [0.29, 0.717) is 19.6 Å². The van der Waals surface area contributed by atoms with E-state index in [4.69, 9.17) is 4.74 Å². The number of amides is 1. The summed E-state index contributed by atoms with van der Waals surface area (Å²) in [6, 6.07) is 1.94. The minimum absolute atomic E-state index is 0.257. The number of pyridine rings is 1. The number of nitrogens with one attached hydrogen (secondary N) is 2. The highest BCUT2D eigenvalue weighted by atomic mass is 16.5. The zero-order chi connectivity index (χ0) is 19.4. The molecule has 1 amide bonds. The Morgan fingerprint density at radius 2 is 2.26 bits per heavy atom. The van der Waals surface area contributed by atoms with Crippen molar-refractivity contribution in [1.29, 1.82) is 0 Å². The molecule has 1 unspecified atom stereocenters. The number of rotatable bonds is 4. The molecule has 2 aromatic heterocycles. The van der Waals surface area contributed by atoms with E-state index >= 15 is 0 Å². The second-order valence-corrected chi connectivity index (χ2v) is 6.62. The van der Waals surface area contributed by atoms with Gasteiger partial charge in [-0.3, -0.25) is 9.78 Å². The molecule has 2 N–H and O–H groups in total. The molecule has 2 aromatic rings. The number of H-pyrrole nitrogens is 1. The number of hydrogen-bond donors (Lipinski definition) is 2. The average molecular weight is 361 g/mol. The summed E-state index contributed by atoms with van der Waals surface area (Å²) in [4.78, 5) is 19.5. The van der Waals surface area contributed by atoms with Crippen LogP contribution >= 0.6 is 0 Å². The first-order chi connectivity index (χ1) is 13.0. The lowest BCUT2D eigenvalue weighted by atomic mass is 9.97. The van der Waals surface area contributed by atoms with Gasteiger partial charge in [-0.25, -0.2) is 0 Å². The Hall–Kier alpha value is -3.10. The number of ether oxygens (including phenoxy) is 1. The molecule has 0 aromatic carbocycles. The van der Waals surface area contributed by atoms with Gasteiger partial charge < -0.3 is 15.0 Å². The maximum atomic E-state index is 11.8. The monoisotopic (exact) mass is 361 g/mol. The summed E-state index contributed by atoms with van der Waals surface area (Å²) in [5.74, 6) is 6.17. The van der Waals surface area contributed by atoms with Gasteiger partial charge in [0.05, 0.1) is 24.5 Å². The molecule has 0 spiro atoms. The third-order valence-corrected chi connectivity index (χ3v) is 4.80. The van der Waals surface area contributed by atoms with Gasteiger partial charge in [0.15, 0.2) is 0 Å². The number of aryl methyl sites for hydroxylation is 1. The molecule has 138 valence electrons. The van der Waals surface area contributed by atoms with Gasteiger partial charge in [-0.15, -0.1) is 0 Å². The summed E-state index contributed by atoms with van der Waals surface area (Å²) in [5.41, 5.74) is 5.33. The van der Waals surface area contributed by atoms with Gasteiger partial charge in [0.2, 0.25) is 5.91 Å². The van der Waals surface area contributed by atoms with E-state index in [9.17, 15) is 4.79 Å². The van der Waals surface area contributed by atoms with Crippen LogP contribution in [0.1, 0.15) is 28.8 Å². The smallest absolute Gasteiger partial charge is 0.244 e. The van der Waals surface area contributed by atoms with Crippen LogP contribution in [0.15, 0.2) is 37.7 Å². The van der Waals surface area contributed by atoms with Crippen LogP contribution in [0.3, 0.4) is 0 Å². The predicted molar refractivity (Wildman–Crippen MR) is 107 cm³/mol. The van der Waals surface area contributed by atoms with Crippen molar-refractivity contribution >= 4 is 12.0 Å². The van der Waals surface area contributed by atoms with Gasteiger partial charge in [-0.05, 0) is 37.1 Å². The molecule has 1 saturated heterocycles. The molecule has 0 saturated carbocycles. The van der Waals surface area contributed by atoms with Crippen molar-refractivity contribution in [2.45, 2.75) is 25.8 Å². The van der Waals surface area contributed by atoms with E-state index in [2.05, 4.69) is 47.2 Å². The molecule has 3 rings (SSSR count). The highest BCUT2D eigenvalue weighted by Crippen LogP contribution is 2.30. The highest BCUT2D eigenvalue weighted by Gasteiger charge is 2.34. The van der Waals surface area contributed by atoms with Crippen LogP contribution in [0.4, 0.5) is 0 Å². The van der Waals surface area contributed by atoms with Crippen LogP contribution in [0, 0.1) is 25.7 Å². The van der Waals surface area contributed by atoms with Crippen LogP contribution in [0.25, 0.3) is 17.3 Å². The van der Waals surface area contributed by atoms with E-state index in [1.54, 1.807) is 12.4 Å². The Morgan fingerprint density at radius 1 is 1.44 bits per heavy atom. The van der Waals surface area contributed by atoms with Gasteiger partial charge in [-0.2, -0.15) is 0 Å². The molecule has 1 atom stereocenters. The molecule has 27 heavy (non-hydrogen) atoms. The largest absolute Gasteiger partial charge is 0.378 e. The van der Waals surface area contributed by atoms with Crippen LogP contribution in [0.5, 0.6) is 0 Å². The number of carbonyl (C=O) groups is 1. The van der Waals surface area contributed by atoms with Gasteiger partial charge >= 0.3 is 0 Å². The summed E-state index contributed by atoms with van der Waals surface area (Å²) >= 11 is 0. The normalized spacial score (nSPS) is 18.4. The SMILES string of the molecule is C=CC(=O)NC1(C#Cc2cnccc2-c2[nH]c(C)c(C=C)c2C)CCOC1. The first kappa shape index (κ1) is 18.7. The summed E-state index contributed by atoms with van der Waals surface area (Å²) in [6.45, 7) is 12.4. The van der Waals surface area contributed by atoms with Crippen molar-refractivity contribution in [3.63, 3.8) is 0 Å². The average Bonchev–Trinajstić information content (AvgIpc) is 3.24. The fourth-order valence-corrected chi connectivity index (χ4v) is 3.32. The number of aromatic amines is 1. The van der Waals surface area contributed by atoms with E-state index in [1.165, 1.54) is 6.08 Å². The van der Waals surface area contributed by atoms with Crippen LogP contribution < -0.4 is 5.32 Å². The van der Waals surface area contributed by atoms with E-state index in [0.717, 1.165) is 33.6 Å². The lowest BCUT2D eigenvalue weighted by Gasteiger charge is -2.21. The zero-order valence-corrected chi connectivity index (χ0v) is 15.7. The van der Waals surface area contributed by atoms with Crippen molar-refractivity contribution < 1.29 is 9.53 Å². The molecule has 0 aliphatic carbocycles. The number of carbonyl (C=O) groups excluding carboxylic acids is 1. The Morgan fingerprint density at radius 3 is 2.89 bits per heavy atom. The lowest BCUT2D eigenvalue weighted by Crippen LogP contribution is -2.47. The molecule has 0 bridgehead atoms. The highest BCUT2D eigenvalue weighted by molar-refractivity contribution is 5.88. The predicted octanol–water partition coefficient (Wildman–Crippen LogP) is 3.15. The quantitative estimate of drug-likeness (QED) is 0.649. The third-order valence-electron chi connectivity index (χ3n) is 4.80. The second-order valence-electron chi connectivity index (χ2n) is 6.62. The maximum Gasteiger partial charge on any atom is 0.244 e. The molecular formula is C22H23N3O2. The number of nitrogens with zero attached hydrogens (tertiary/aromatic N) is 1. The Balaban J connectivity index is 2.03. The van der Waals surface area contributed by atoms with Crippen LogP contribution in [-0.2, 0) is 9.53 Å². The fraction of sp³-hybridized carbons (Fsp3) is 0.273. The summed E-state index contributed by atoms with van der Waals surface area (Å²) in [7, 11) is 0. The minimum atomic E-state index is -0.703. The maximum absolute atomic E-state index is 11.8. The summed E-state index contributed by atoms with van der Waals surface area (Å²) in [5, 5.41) is 2.91. The van der Waals surface area contributed by atoms with Gasteiger partial charge in [-0.1, -0.05) is 31.1 Å². The second kappa shape index (κ2) is 7.65.